The maximum atomic E-state index is 12.9. The van der Waals surface area contributed by atoms with Crippen molar-refractivity contribution in [3.05, 3.63) is 65.2 Å². The van der Waals surface area contributed by atoms with Gasteiger partial charge in [-0.2, -0.15) is 0 Å². The van der Waals surface area contributed by atoms with Gasteiger partial charge in [0.25, 0.3) is 0 Å². The van der Waals surface area contributed by atoms with Crippen molar-refractivity contribution in [3.63, 3.8) is 0 Å². The molecule has 0 aromatic heterocycles. The molecule has 2 aliphatic rings. The molecule has 0 saturated carbocycles. The van der Waals surface area contributed by atoms with E-state index >= 15 is 0 Å². The molecule has 0 radical (unpaired) electrons. The number of benzene rings is 2. The number of hydrogen-bond donors (Lipinski definition) is 1. The van der Waals surface area contributed by atoms with E-state index in [1.165, 1.54) is 4.90 Å². The number of Topliss-reactive ketones (excluding diaryl/α,β-unsaturated/α-hetero) is 1. The smallest absolute Gasteiger partial charge is 0.231 e. The summed E-state index contributed by atoms with van der Waals surface area (Å²) in [6.45, 7) is 1.90. The molecule has 0 spiro atoms. The van der Waals surface area contributed by atoms with Crippen molar-refractivity contribution >= 4 is 17.6 Å². The molecule has 4 rings (SSSR count). The first-order chi connectivity index (χ1) is 13.9. The van der Waals surface area contributed by atoms with Crippen molar-refractivity contribution in [2.45, 2.75) is 44.2 Å². The van der Waals surface area contributed by atoms with E-state index in [9.17, 15) is 9.59 Å². The maximum absolute atomic E-state index is 12.9. The molecule has 6 nitrogen and oxygen atoms in total. The quantitative estimate of drug-likeness (QED) is 0.868. The number of nitrogens with zero attached hydrogens (tertiary/aromatic N) is 2. The highest BCUT2D eigenvalue weighted by Crippen LogP contribution is 2.33. The van der Waals surface area contributed by atoms with Crippen molar-refractivity contribution in [1.29, 1.82) is 0 Å². The molecule has 29 heavy (non-hydrogen) atoms. The van der Waals surface area contributed by atoms with Gasteiger partial charge >= 0.3 is 0 Å². The molecule has 150 valence electrons. The van der Waals surface area contributed by atoms with Crippen LogP contribution in [0.1, 0.15) is 36.5 Å². The second-order valence-corrected chi connectivity index (χ2v) is 7.97. The molecule has 2 aliphatic heterocycles. The lowest BCUT2D eigenvalue weighted by Gasteiger charge is -2.33. The number of carbonyl (C=O) groups is 2. The highest BCUT2D eigenvalue weighted by Gasteiger charge is 2.36. The minimum Gasteiger partial charge on any atom is -0.482 e. The van der Waals surface area contributed by atoms with Crippen LogP contribution in [0.2, 0.25) is 0 Å². The molecular weight excluding hydrogens is 366 g/mol. The molecule has 2 aromatic rings. The van der Waals surface area contributed by atoms with Crippen LogP contribution in [0.15, 0.2) is 53.5 Å². The minimum absolute atomic E-state index is 0.0595. The van der Waals surface area contributed by atoms with E-state index in [-0.39, 0.29) is 30.5 Å². The van der Waals surface area contributed by atoms with Gasteiger partial charge in [0.2, 0.25) is 5.91 Å². The zero-order valence-electron chi connectivity index (χ0n) is 16.7. The Labute approximate surface area is 170 Å². The molecule has 2 N–H and O–H groups in total. The summed E-state index contributed by atoms with van der Waals surface area (Å²) in [4.78, 5) is 31.0. The van der Waals surface area contributed by atoms with Crippen LogP contribution in [0.4, 0.5) is 0 Å². The molecule has 2 heterocycles. The zero-order valence-corrected chi connectivity index (χ0v) is 16.7. The van der Waals surface area contributed by atoms with Gasteiger partial charge in [-0.3, -0.25) is 14.5 Å². The number of rotatable bonds is 4. The number of aliphatic imine (C=N–C) groups is 1. The van der Waals surface area contributed by atoms with E-state index in [0.717, 1.165) is 28.9 Å². The third-order valence-corrected chi connectivity index (χ3v) is 5.78. The Balaban J connectivity index is 1.51. The van der Waals surface area contributed by atoms with Crippen LogP contribution in [-0.4, -0.2) is 35.7 Å². The Hall–Kier alpha value is -3.15. The van der Waals surface area contributed by atoms with Crippen molar-refractivity contribution in [3.8, 4) is 5.75 Å². The summed E-state index contributed by atoms with van der Waals surface area (Å²) in [5, 5.41) is 0. The number of amides is 1. The Kier molecular flexibility index (Phi) is 4.86. The van der Waals surface area contributed by atoms with Gasteiger partial charge in [0.05, 0.1) is 12.0 Å². The van der Waals surface area contributed by atoms with Crippen molar-refractivity contribution in [1.82, 2.24) is 4.90 Å². The molecular formula is C23H25N3O3. The SMILES string of the molecule is CN1C(=O)CC(C)(c2cccc(CC(=O)C3CCc4ccccc4O3)c2)N=C1N. The van der Waals surface area contributed by atoms with Crippen molar-refractivity contribution < 1.29 is 14.3 Å². The minimum atomic E-state index is -0.729. The third-order valence-electron chi connectivity index (χ3n) is 5.78. The summed E-state index contributed by atoms with van der Waals surface area (Å²) in [6.07, 6.45) is 1.62. The summed E-state index contributed by atoms with van der Waals surface area (Å²) >= 11 is 0. The summed E-state index contributed by atoms with van der Waals surface area (Å²) in [6, 6.07) is 15.6. The monoisotopic (exact) mass is 391 g/mol. The lowest BCUT2D eigenvalue weighted by Crippen LogP contribution is -2.47. The van der Waals surface area contributed by atoms with Crippen LogP contribution in [-0.2, 0) is 28.0 Å². The predicted octanol–water partition coefficient (Wildman–Crippen LogP) is 2.58. The van der Waals surface area contributed by atoms with Crippen LogP contribution in [0.25, 0.3) is 0 Å². The fourth-order valence-corrected chi connectivity index (χ4v) is 3.96. The second kappa shape index (κ2) is 7.35. The van der Waals surface area contributed by atoms with Crippen molar-refractivity contribution in [2.24, 2.45) is 10.7 Å². The van der Waals surface area contributed by atoms with Gasteiger partial charge in [0, 0.05) is 13.5 Å². The Morgan fingerprint density at radius 2 is 2.07 bits per heavy atom. The van der Waals surface area contributed by atoms with Gasteiger partial charge in [0.15, 0.2) is 17.8 Å². The lowest BCUT2D eigenvalue weighted by molar-refractivity contribution is -0.128. The topological polar surface area (TPSA) is 85.0 Å². The van der Waals surface area contributed by atoms with Gasteiger partial charge in [-0.15, -0.1) is 0 Å². The fraction of sp³-hybridized carbons (Fsp3) is 0.348. The molecule has 2 unspecified atom stereocenters. The number of carbonyl (C=O) groups excluding carboxylic acids is 2. The number of fused-ring (bicyclic) bond motifs is 1. The van der Waals surface area contributed by atoms with E-state index in [1.807, 2.05) is 55.5 Å². The average molecular weight is 391 g/mol. The maximum Gasteiger partial charge on any atom is 0.231 e. The van der Waals surface area contributed by atoms with E-state index in [0.29, 0.717) is 6.42 Å². The average Bonchev–Trinajstić information content (AvgIpc) is 2.72. The van der Waals surface area contributed by atoms with E-state index < -0.39 is 11.6 Å². The standard InChI is InChI=1S/C23H25N3O3/c1-23(14-21(28)26(2)22(24)25-23)17-8-5-6-15(12-17)13-18(27)20-11-10-16-7-3-4-9-19(16)29-20/h3-9,12,20H,10-11,13-14H2,1-2H3,(H2,24,25). The molecule has 6 heteroatoms. The van der Waals surface area contributed by atoms with E-state index in [2.05, 4.69) is 4.99 Å². The number of para-hydroxylation sites is 1. The highest BCUT2D eigenvalue weighted by molar-refractivity contribution is 5.98. The normalized spacial score (nSPS) is 23.8. The molecule has 0 aliphatic carbocycles. The second-order valence-electron chi connectivity index (χ2n) is 7.97. The zero-order chi connectivity index (χ0) is 20.6. The predicted molar refractivity (Wildman–Crippen MR) is 111 cm³/mol. The molecule has 0 saturated heterocycles. The number of ether oxygens (including phenoxy) is 1. The van der Waals surface area contributed by atoms with Crippen LogP contribution in [0, 0.1) is 0 Å². The molecule has 1 amide bonds. The first-order valence-electron chi connectivity index (χ1n) is 9.84. The third kappa shape index (κ3) is 3.75. The Bertz CT molecular complexity index is 1000. The van der Waals surface area contributed by atoms with Crippen LogP contribution in [0.3, 0.4) is 0 Å². The van der Waals surface area contributed by atoms with Crippen LogP contribution in [0.5, 0.6) is 5.75 Å². The van der Waals surface area contributed by atoms with E-state index in [4.69, 9.17) is 10.5 Å². The first-order valence-corrected chi connectivity index (χ1v) is 9.84. The summed E-state index contributed by atoms with van der Waals surface area (Å²) < 4.78 is 5.93. The first kappa shape index (κ1) is 19.2. The molecule has 0 bridgehead atoms. The highest BCUT2D eigenvalue weighted by atomic mass is 16.5. The lowest BCUT2D eigenvalue weighted by atomic mass is 9.86. The van der Waals surface area contributed by atoms with E-state index in [1.54, 1.807) is 7.05 Å². The summed E-state index contributed by atoms with van der Waals surface area (Å²) in [5.41, 5.74) is 8.10. The number of hydrogen-bond acceptors (Lipinski definition) is 5. The van der Waals surface area contributed by atoms with Crippen LogP contribution < -0.4 is 10.5 Å². The largest absolute Gasteiger partial charge is 0.482 e. The summed E-state index contributed by atoms with van der Waals surface area (Å²) in [7, 11) is 1.62. The molecule has 2 aromatic carbocycles. The molecule has 2 atom stereocenters. The van der Waals surface area contributed by atoms with Gasteiger partial charge in [0.1, 0.15) is 5.75 Å². The van der Waals surface area contributed by atoms with Gasteiger partial charge in [-0.25, -0.2) is 4.99 Å². The van der Waals surface area contributed by atoms with Gasteiger partial charge in [-0.05, 0) is 42.5 Å². The summed E-state index contributed by atoms with van der Waals surface area (Å²) in [5.74, 6) is 0.993. The van der Waals surface area contributed by atoms with Gasteiger partial charge in [-0.1, -0.05) is 42.5 Å². The van der Waals surface area contributed by atoms with Crippen LogP contribution >= 0.6 is 0 Å². The number of ketones is 1. The Morgan fingerprint density at radius 1 is 1.28 bits per heavy atom. The fourth-order valence-electron chi connectivity index (χ4n) is 3.96. The van der Waals surface area contributed by atoms with Crippen molar-refractivity contribution in [2.75, 3.05) is 7.05 Å². The number of aryl methyl sites for hydroxylation is 1. The molecule has 0 fully saturated rings. The number of guanidine groups is 1. The van der Waals surface area contributed by atoms with Gasteiger partial charge < -0.3 is 10.5 Å². The Morgan fingerprint density at radius 3 is 2.86 bits per heavy atom. The number of nitrogens with two attached hydrogens (primary N) is 1.